The first-order valence-corrected chi connectivity index (χ1v) is 7.49. The number of ether oxygens (including phenoxy) is 1. The summed E-state index contributed by atoms with van der Waals surface area (Å²) in [7, 11) is 0. The van der Waals surface area contributed by atoms with Crippen molar-refractivity contribution >= 4 is 11.6 Å². The van der Waals surface area contributed by atoms with Gasteiger partial charge in [0.05, 0.1) is 0 Å². The number of rotatable bonds is 5. The monoisotopic (exact) mass is 320 g/mol. The minimum atomic E-state index is -0.394. The van der Waals surface area contributed by atoms with Crippen molar-refractivity contribution in [3.8, 4) is 16.9 Å². The maximum atomic E-state index is 12.0. The van der Waals surface area contributed by atoms with E-state index in [4.69, 9.17) is 4.74 Å². The standard InChI is InChI=1S/C19H16N2O3/c22-18(21-16-10-6-12-20-19(16)23)13-24-17-11-5-4-9-15(17)14-7-2-1-3-8-14/h1-12H,13H2,(H,20,23)(H,21,22). The van der Waals surface area contributed by atoms with Gasteiger partial charge in [0.25, 0.3) is 11.5 Å². The van der Waals surface area contributed by atoms with Crippen LogP contribution in [0.2, 0.25) is 0 Å². The molecular weight excluding hydrogens is 304 g/mol. The number of anilines is 1. The van der Waals surface area contributed by atoms with Crippen LogP contribution in [-0.2, 0) is 4.79 Å². The third-order valence-electron chi connectivity index (χ3n) is 3.42. The van der Waals surface area contributed by atoms with Crippen molar-refractivity contribution < 1.29 is 9.53 Å². The van der Waals surface area contributed by atoms with Gasteiger partial charge >= 0.3 is 0 Å². The SMILES string of the molecule is O=C(COc1ccccc1-c1ccccc1)Nc1ccc[nH]c1=O. The van der Waals surface area contributed by atoms with Crippen LogP contribution in [-0.4, -0.2) is 17.5 Å². The lowest BCUT2D eigenvalue weighted by Gasteiger charge is -2.11. The van der Waals surface area contributed by atoms with Gasteiger partial charge in [-0.25, -0.2) is 0 Å². The number of benzene rings is 2. The highest BCUT2D eigenvalue weighted by Gasteiger charge is 2.09. The Morgan fingerprint density at radius 2 is 1.71 bits per heavy atom. The molecular formula is C19H16N2O3. The highest BCUT2D eigenvalue weighted by Crippen LogP contribution is 2.29. The fourth-order valence-corrected chi connectivity index (χ4v) is 2.30. The zero-order valence-electron chi connectivity index (χ0n) is 12.9. The quantitative estimate of drug-likeness (QED) is 0.759. The van der Waals surface area contributed by atoms with E-state index in [1.807, 2.05) is 54.6 Å². The number of H-pyrrole nitrogens is 1. The van der Waals surface area contributed by atoms with Gasteiger partial charge in [-0.2, -0.15) is 0 Å². The van der Waals surface area contributed by atoms with Gasteiger partial charge in [0.2, 0.25) is 0 Å². The molecule has 0 bridgehead atoms. The minimum Gasteiger partial charge on any atom is -0.483 e. The van der Waals surface area contributed by atoms with Gasteiger partial charge in [-0.05, 0) is 23.8 Å². The molecule has 0 aliphatic rings. The van der Waals surface area contributed by atoms with Crippen LogP contribution in [0.1, 0.15) is 0 Å². The summed E-state index contributed by atoms with van der Waals surface area (Å²) in [6.07, 6.45) is 1.50. The molecule has 3 aromatic rings. The van der Waals surface area contributed by atoms with Crippen molar-refractivity contribution in [1.29, 1.82) is 0 Å². The first-order valence-electron chi connectivity index (χ1n) is 7.49. The molecule has 1 amide bonds. The first-order chi connectivity index (χ1) is 11.7. The molecule has 0 radical (unpaired) electrons. The number of para-hydroxylation sites is 1. The van der Waals surface area contributed by atoms with Gasteiger partial charge in [-0.15, -0.1) is 0 Å². The number of nitrogens with one attached hydrogen (secondary N) is 2. The van der Waals surface area contributed by atoms with Crippen molar-refractivity contribution in [1.82, 2.24) is 4.98 Å². The minimum absolute atomic E-state index is 0.182. The van der Waals surface area contributed by atoms with E-state index in [1.54, 1.807) is 6.07 Å². The van der Waals surface area contributed by atoms with Gasteiger partial charge in [-0.3, -0.25) is 9.59 Å². The van der Waals surface area contributed by atoms with Crippen LogP contribution in [0.25, 0.3) is 11.1 Å². The molecule has 2 N–H and O–H groups in total. The predicted octanol–water partition coefficient (Wildman–Crippen LogP) is 3.06. The number of pyridine rings is 1. The van der Waals surface area contributed by atoms with Crippen molar-refractivity contribution in [2.24, 2.45) is 0 Å². The zero-order chi connectivity index (χ0) is 16.8. The summed E-state index contributed by atoms with van der Waals surface area (Å²) in [5.74, 6) is 0.218. The molecule has 5 nitrogen and oxygen atoms in total. The van der Waals surface area contributed by atoms with E-state index in [0.29, 0.717) is 5.75 Å². The fraction of sp³-hybridized carbons (Fsp3) is 0.0526. The predicted molar refractivity (Wildman–Crippen MR) is 93.1 cm³/mol. The van der Waals surface area contributed by atoms with E-state index in [1.165, 1.54) is 12.3 Å². The highest BCUT2D eigenvalue weighted by molar-refractivity contribution is 5.91. The van der Waals surface area contributed by atoms with Gasteiger partial charge < -0.3 is 15.0 Å². The maximum Gasteiger partial charge on any atom is 0.271 e. The molecule has 0 aliphatic heterocycles. The molecule has 0 saturated carbocycles. The zero-order valence-corrected chi connectivity index (χ0v) is 12.9. The number of aromatic amines is 1. The molecule has 0 fully saturated rings. The number of carbonyl (C=O) groups excluding carboxylic acids is 1. The van der Waals surface area contributed by atoms with Crippen LogP contribution >= 0.6 is 0 Å². The third-order valence-corrected chi connectivity index (χ3v) is 3.42. The van der Waals surface area contributed by atoms with Crippen molar-refractivity contribution in [3.63, 3.8) is 0 Å². The Morgan fingerprint density at radius 3 is 2.50 bits per heavy atom. The van der Waals surface area contributed by atoms with Crippen LogP contribution in [0, 0.1) is 0 Å². The molecule has 0 atom stereocenters. The molecule has 0 saturated heterocycles. The van der Waals surface area contributed by atoms with Crippen LogP contribution in [0.3, 0.4) is 0 Å². The summed E-state index contributed by atoms with van der Waals surface area (Å²) in [5.41, 5.74) is 1.76. The van der Waals surface area contributed by atoms with Crippen LogP contribution in [0.4, 0.5) is 5.69 Å². The molecule has 1 aromatic heterocycles. The summed E-state index contributed by atoms with van der Waals surface area (Å²) in [6.45, 7) is -0.182. The van der Waals surface area contributed by atoms with Crippen LogP contribution in [0.5, 0.6) is 5.75 Å². The Morgan fingerprint density at radius 1 is 0.958 bits per heavy atom. The Hall–Kier alpha value is -3.34. The number of hydrogen-bond acceptors (Lipinski definition) is 3. The number of hydrogen-bond donors (Lipinski definition) is 2. The fourth-order valence-electron chi connectivity index (χ4n) is 2.30. The smallest absolute Gasteiger partial charge is 0.271 e. The normalized spacial score (nSPS) is 10.2. The molecule has 120 valence electrons. The lowest BCUT2D eigenvalue weighted by atomic mass is 10.1. The van der Waals surface area contributed by atoms with Gasteiger partial charge in [0.15, 0.2) is 6.61 Å². The summed E-state index contributed by atoms with van der Waals surface area (Å²) < 4.78 is 5.64. The molecule has 5 heteroatoms. The molecule has 3 rings (SSSR count). The van der Waals surface area contributed by atoms with Crippen molar-refractivity contribution in [3.05, 3.63) is 83.3 Å². The largest absolute Gasteiger partial charge is 0.483 e. The van der Waals surface area contributed by atoms with E-state index in [2.05, 4.69) is 10.3 Å². The molecule has 0 unspecified atom stereocenters. The van der Waals surface area contributed by atoms with Crippen LogP contribution < -0.4 is 15.6 Å². The number of carbonyl (C=O) groups is 1. The van der Waals surface area contributed by atoms with Crippen molar-refractivity contribution in [2.75, 3.05) is 11.9 Å². The Kier molecular flexibility index (Phi) is 4.72. The molecule has 24 heavy (non-hydrogen) atoms. The van der Waals surface area contributed by atoms with E-state index in [-0.39, 0.29) is 17.9 Å². The van der Waals surface area contributed by atoms with E-state index in [9.17, 15) is 9.59 Å². The maximum absolute atomic E-state index is 12.0. The average Bonchev–Trinajstić information content (AvgIpc) is 2.63. The molecule has 0 aliphatic carbocycles. The number of aromatic nitrogens is 1. The van der Waals surface area contributed by atoms with E-state index >= 15 is 0 Å². The Balaban J connectivity index is 1.70. The second-order valence-electron chi connectivity index (χ2n) is 5.11. The topological polar surface area (TPSA) is 71.2 Å². The third kappa shape index (κ3) is 3.70. The van der Waals surface area contributed by atoms with Crippen molar-refractivity contribution in [2.45, 2.75) is 0 Å². The average molecular weight is 320 g/mol. The lowest BCUT2D eigenvalue weighted by molar-refractivity contribution is -0.118. The van der Waals surface area contributed by atoms with E-state index < -0.39 is 5.91 Å². The molecule has 1 heterocycles. The summed E-state index contributed by atoms with van der Waals surface area (Å²) in [5, 5.41) is 2.53. The first kappa shape index (κ1) is 15.6. The van der Waals surface area contributed by atoms with Gasteiger partial charge in [0.1, 0.15) is 11.4 Å². The lowest BCUT2D eigenvalue weighted by Crippen LogP contribution is -2.24. The summed E-state index contributed by atoms with van der Waals surface area (Å²) >= 11 is 0. The second-order valence-corrected chi connectivity index (χ2v) is 5.11. The number of amides is 1. The van der Waals surface area contributed by atoms with Gasteiger partial charge in [-0.1, -0.05) is 48.5 Å². The van der Waals surface area contributed by atoms with Crippen LogP contribution in [0.15, 0.2) is 77.7 Å². The Labute approximate surface area is 138 Å². The molecule has 2 aromatic carbocycles. The van der Waals surface area contributed by atoms with Gasteiger partial charge in [0, 0.05) is 11.8 Å². The summed E-state index contributed by atoms with van der Waals surface area (Å²) in [6, 6.07) is 20.5. The second kappa shape index (κ2) is 7.28. The Bertz CT molecular complexity index is 888. The summed E-state index contributed by atoms with van der Waals surface area (Å²) in [4.78, 5) is 26.1. The highest BCUT2D eigenvalue weighted by atomic mass is 16.5. The van der Waals surface area contributed by atoms with E-state index in [0.717, 1.165) is 11.1 Å². The molecule has 0 spiro atoms.